The van der Waals surface area contributed by atoms with E-state index in [9.17, 15) is 8.42 Å². The van der Waals surface area contributed by atoms with E-state index in [1.165, 1.54) is 4.31 Å². The highest BCUT2D eigenvalue weighted by atomic mass is 32.2. The van der Waals surface area contributed by atoms with Crippen LogP contribution in [-0.4, -0.2) is 51.7 Å². The van der Waals surface area contributed by atoms with Gasteiger partial charge in [0.25, 0.3) is 0 Å². The number of hydrogen-bond acceptors (Lipinski definition) is 7. The Balaban J connectivity index is 1.19. The molecule has 0 bridgehead atoms. The minimum atomic E-state index is -4.14. The normalized spacial score (nSPS) is 23.3. The topological polar surface area (TPSA) is 95.6 Å². The van der Waals surface area contributed by atoms with Crippen LogP contribution in [0.3, 0.4) is 0 Å². The molecule has 9 nitrogen and oxygen atoms in total. The first-order valence-corrected chi connectivity index (χ1v) is 20.0. The molecule has 0 radical (unpaired) electrons. The smallest absolute Gasteiger partial charge is 0.304 e. The maximum absolute atomic E-state index is 14.4. The Morgan fingerprint density at radius 2 is 1.07 bits per heavy atom. The summed E-state index contributed by atoms with van der Waals surface area (Å²) in [6.07, 6.45) is -3.23. The maximum atomic E-state index is 14.4. The third-order valence-electron chi connectivity index (χ3n) is 10.0. The molecular weight excluding hydrogens is 713 g/mol. The summed E-state index contributed by atoms with van der Waals surface area (Å²) in [5.74, 6) is 0. The molecule has 2 aliphatic rings. The van der Waals surface area contributed by atoms with Gasteiger partial charge in [-0.3, -0.25) is 4.31 Å². The minimum absolute atomic E-state index is 0.0844. The first-order valence-electron chi connectivity index (χ1n) is 18.5. The van der Waals surface area contributed by atoms with Gasteiger partial charge < -0.3 is 23.7 Å². The molecule has 2 saturated heterocycles. The number of fused-ring (bicyclic) bond motifs is 1. The van der Waals surface area contributed by atoms with Crippen molar-refractivity contribution in [1.82, 2.24) is 4.72 Å². The van der Waals surface area contributed by atoms with E-state index in [0.717, 1.165) is 33.0 Å². The van der Waals surface area contributed by atoms with E-state index < -0.39 is 40.4 Å². The molecule has 1 spiro atoms. The Kier molecular flexibility index (Phi) is 11.3. The minimum Gasteiger partial charge on any atom is -0.374 e. The number of ether oxygens (including phenoxy) is 5. The molecular formula is C45H44N2O7S. The highest BCUT2D eigenvalue weighted by molar-refractivity contribution is 7.91. The average Bonchev–Trinajstić information content (AvgIpc) is 3.50. The van der Waals surface area contributed by atoms with Crippen molar-refractivity contribution >= 4 is 26.7 Å². The van der Waals surface area contributed by atoms with Crippen molar-refractivity contribution < 1.29 is 32.1 Å². The molecule has 8 rings (SSSR count). The number of nitrogens with zero attached hydrogens (tertiary/aromatic N) is 1. The fourth-order valence-corrected chi connectivity index (χ4v) is 8.86. The molecule has 6 aromatic carbocycles. The molecule has 2 aliphatic heterocycles. The zero-order valence-electron chi connectivity index (χ0n) is 30.4. The summed E-state index contributed by atoms with van der Waals surface area (Å²) in [7, 11) is -4.14. The molecule has 2 fully saturated rings. The van der Waals surface area contributed by atoms with Crippen LogP contribution >= 0.6 is 0 Å². The van der Waals surface area contributed by atoms with E-state index in [1.807, 2.05) is 164 Å². The average molecular weight is 757 g/mol. The lowest BCUT2D eigenvalue weighted by molar-refractivity contribution is -0.306. The number of benzene rings is 6. The van der Waals surface area contributed by atoms with Gasteiger partial charge in [0.15, 0.2) is 5.72 Å². The van der Waals surface area contributed by atoms with Gasteiger partial charge in [-0.05, 0) is 45.2 Å². The molecule has 282 valence electrons. The Hall–Kier alpha value is -4.91. The van der Waals surface area contributed by atoms with Crippen LogP contribution in [0.2, 0.25) is 0 Å². The van der Waals surface area contributed by atoms with Crippen molar-refractivity contribution in [3.63, 3.8) is 0 Å². The standard InChI is InChI=1S/C45H44N2O7S/c48-55(49)46-45(33-47(55)40-26-25-38-23-13-14-24-39(38)27-40)44(53-31-37-21-11-4-12-22-37)43(52-30-36-19-9-3-10-20-36)42(51-29-35-17-7-2-8-18-35)41(54-45)32-50-28-34-15-5-1-6-16-34/h1-27,41-44,46H,28-33H2/t41-,42-,43+,44-,45+/m1/s1. The van der Waals surface area contributed by atoms with Gasteiger partial charge in [-0.25, -0.2) is 0 Å². The first-order chi connectivity index (χ1) is 27.0. The SMILES string of the molecule is O=S1(=O)N[C@@]2(CN1c1ccc3ccccc3c1)O[C@H](COCc1ccccc1)[C@@H](OCc1ccccc1)[C@H](OCc1ccccc1)[C@H]2OCc1ccccc1. The monoisotopic (exact) mass is 756 g/mol. The number of nitrogens with one attached hydrogen (secondary N) is 1. The van der Waals surface area contributed by atoms with Crippen molar-refractivity contribution in [3.8, 4) is 0 Å². The zero-order valence-corrected chi connectivity index (χ0v) is 31.2. The first kappa shape index (κ1) is 37.0. The lowest BCUT2D eigenvalue weighted by atomic mass is 9.89. The Morgan fingerprint density at radius 1 is 0.582 bits per heavy atom. The second kappa shape index (κ2) is 16.8. The zero-order chi connectivity index (χ0) is 37.5. The van der Waals surface area contributed by atoms with Crippen molar-refractivity contribution in [2.75, 3.05) is 17.5 Å². The number of rotatable bonds is 14. The summed E-state index contributed by atoms with van der Waals surface area (Å²) in [6, 6.07) is 52.9. The van der Waals surface area contributed by atoms with Crippen LogP contribution in [0, 0.1) is 0 Å². The van der Waals surface area contributed by atoms with Crippen LogP contribution in [0.25, 0.3) is 10.8 Å². The fraction of sp³-hybridized carbons (Fsp3) is 0.244. The van der Waals surface area contributed by atoms with Crippen LogP contribution in [0.15, 0.2) is 164 Å². The Morgan fingerprint density at radius 3 is 1.65 bits per heavy atom. The molecule has 0 aliphatic carbocycles. The fourth-order valence-electron chi connectivity index (χ4n) is 7.33. The molecule has 5 atom stereocenters. The highest BCUT2D eigenvalue weighted by Crippen LogP contribution is 2.41. The van der Waals surface area contributed by atoms with Gasteiger partial charge in [0, 0.05) is 0 Å². The van der Waals surface area contributed by atoms with Crippen LogP contribution in [0.5, 0.6) is 0 Å². The van der Waals surface area contributed by atoms with Gasteiger partial charge >= 0.3 is 10.2 Å². The maximum Gasteiger partial charge on any atom is 0.304 e. The predicted octanol–water partition coefficient (Wildman–Crippen LogP) is 7.56. The van der Waals surface area contributed by atoms with Gasteiger partial charge in [0.1, 0.15) is 24.4 Å². The van der Waals surface area contributed by atoms with Crippen molar-refractivity contribution in [2.24, 2.45) is 0 Å². The summed E-state index contributed by atoms with van der Waals surface area (Å²) in [4.78, 5) is 0. The molecule has 0 saturated carbocycles. The summed E-state index contributed by atoms with van der Waals surface area (Å²) in [5.41, 5.74) is 2.76. The van der Waals surface area contributed by atoms with E-state index in [4.69, 9.17) is 23.7 Å². The van der Waals surface area contributed by atoms with Gasteiger partial charge in [-0.15, -0.1) is 0 Å². The highest BCUT2D eigenvalue weighted by Gasteiger charge is 2.63. The molecule has 2 heterocycles. The van der Waals surface area contributed by atoms with E-state index >= 15 is 0 Å². The lowest BCUT2D eigenvalue weighted by Crippen LogP contribution is -2.71. The number of anilines is 1. The van der Waals surface area contributed by atoms with Crippen LogP contribution < -0.4 is 9.03 Å². The quantitative estimate of drug-likeness (QED) is 0.123. The van der Waals surface area contributed by atoms with Gasteiger partial charge in [0.2, 0.25) is 0 Å². The summed E-state index contributed by atoms with van der Waals surface area (Å²) in [6.45, 7) is 1.03. The van der Waals surface area contributed by atoms with Gasteiger partial charge in [-0.2, -0.15) is 13.1 Å². The molecule has 55 heavy (non-hydrogen) atoms. The predicted molar refractivity (Wildman–Crippen MR) is 212 cm³/mol. The second-order valence-electron chi connectivity index (χ2n) is 13.9. The van der Waals surface area contributed by atoms with Crippen molar-refractivity contribution in [3.05, 3.63) is 186 Å². The van der Waals surface area contributed by atoms with E-state index in [0.29, 0.717) is 12.3 Å². The van der Waals surface area contributed by atoms with E-state index in [2.05, 4.69) is 4.72 Å². The van der Waals surface area contributed by atoms with Crippen LogP contribution in [0.1, 0.15) is 22.3 Å². The third kappa shape index (κ3) is 8.66. The molecule has 1 N–H and O–H groups in total. The summed E-state index contributed by atoms with van der Waals surface area (Å²) >= 11 is 0. The Labute approximate surface area is 322 Å². The molecule has 6 aromatic rings. The molecule has 0 aromatic heterocycles. The molecule has 10 heteroatoms. The van der Waals surface area contributed by atoms with E-state index in [-0.39, 0.29) is 33.0 Å². The Bertz CT molecular complexity index is 2250. The van der Waals surface area contributed by atoms with Gasteiger partial charge in [0.05, 0.1) is 45.3 Å². The second-order valence-corrected chi connectivity index (χ2v) is 15.5. The van der Waals surface area contributed by atoms with Crippen molar-refractivity contribution in [2.45, 2.75) is 56.6 Å². The lowest BCUT2D eigenvalue weighted by Gasteiger charge is -2.50. The summed E-state index contributed by atoms with van der Waals surface area (Å²) < 4.78 is 66.9. The largest absolute Gasteiger partial charge is 0.374 e. The molecule has 0 unspecified atom stereocenters. The number of hydrogen-bond donors (Lipinski definition) is 1. The summed E-state index contributed by atoms with van der Waals surface area (Å²) in [5, 5.41) is 1.93. The van der Waals surface area contributed by atoms with Gasteiger partial charge in [-0.1, -0.05) is 152 Å². The van der Waals surface area contributed by atoms with Crippen LogP contribution in [0.4, 0.5) is 5.69 Å². The van der Waals surface area contributed by atoms with Crippen molar-refractivity contribution in [1.29, 1.82) is 0 Å². The molecule has 0 amide bonds. The third-order valence-corrected chi connectivity index (χ3v) is 11.6. The van der Waals surface area contributed by atoms with E-state index in [1.54, 1.807) is 0 Å². The van der Waals surface area contributed by atoms with Crippen LogP contribution in [-0.2, 0) is 60.3 Å².